The fraction of sp³-hybridized carbons (Fsp3) is 0. The topological polar surface area (TPSA) is 48.8 Å². The van der Waals surface area contributed by atoms with Crippen LogP contribution in [0.4, 0.5) is 11.4 Å². The van der Waals surface area contributed by atoms with Crippen molar-refractivity contribution in [3.8, 4) is 0 Å². The number of nitrogens with one attached hydrogen (secondary N) is 2. The average Bonchev–Trinajstić information content (AvgIpc) is 3.03. The Morgan fingerprint density at radius 3 is 0.925 bits per heavy atom. The molecule has 6 aromatic rings. The molecule has 192 valence electrons. The molecule has 6 rings (SSSR count). The van der Waals surface area contributed by atoms with E-state index in [0.29, 0.717) is 0 Å². The minimum Gasteiger partial charge on any atom is -0.277 e. The van der Waals surface area contributed by atoms with E-state index in [-0.39, 0.29) is 0 Å². The molecule has 0 aromatic heterocycles. The average molecular weight is 517 g/mol. The van der Waals surface area contributed by atoms with Crippen molar-refractivity contribution in [2.75, 3.05) is 10.9 Å². The lowest BCUT2D eigenvalue weighted by molar-refractivity contribution is 1.33. The van der Waals surface area contributed by atoms with Crippen LogP contribution in [0.1, 0.15) is 22.3 Å². The van der Waals surface area contributed by atoms with Crippen LogP contribution in [0.15, 0.2) is 168 Å². The van der Waals surface area contributed by atoms with Crippen molar-refractivity contribution in [1.82, 2.24) is 0 Å². The van der Waals surface area contributed by atoms with E-state index in [4.69, 9.17) is 10.2 Å². The second kappa shape index (κ2) is 11.9. The molecule has 0 radical (unpaired) electrons. The van der Waals surface area contributed by atoms with Gasteiger partial charge in [-0.1, -0.05) is 146 Å². The van der Waals surface area contributed by atoms with E-state index in [1.54, 1.807) is 0 Å². The van der Waals surface area contributed by atoms with Gasteiger partial charge in [0.2, 0.25) is 0 Å². The third-order valence-electron chi connectivity index (χ3n) is 6.69. The van der Waals surface area contributed by atoms with E-state index in [1.165, 1.54) is 0 Å². The zero-order valence-electron chi connectivity index (χ0n) is 21.9. The van der Waals surface area contributed by atoms with Gasteiger partial charge in [-0.3, -0.25) is 10.9 Å². The van der Waals surface area contributed by atoms with E-state index in [0.717, 1.165) is 55.8 Å². The number of benzene rings is 6. The molecule has 2 N–H and O–H groups in total. The lowest BCUT2D eigenvalue weighted by atomic mass is 10.0. The number of hydrogen-bond acceptors (Lipinski definition) is 4. The summed E-state index contributed by atoms with van der Waals surface area (Å²) in [6.07, 6.45) is 0. The molecule has 0 spiro atoms. The summed E-state index contributed by atoms with van der Waals surface area (Å²) in [5, 5.41) is 11.9. The Hall–Kier alpha value is -5.48. The number of hydrogen-bond donors (Lipinski definition) is 2. The molecule has 4 heteroatoms. The van der Waals surface area contributed by atoms with Gasteiger partial charge in [-0.25, -0.2) is 0 Å². The van der Waals surface area contributed by atoms with E-state index in [9.17, 15) is 0 Å². The van der Waals surface area contributed by atoms with Gasteiger partial charge in [0.15, 0.2) is 0 Å². The van der Waals surface area contributed by atoms with Crippen molar-refractivity contribution in [2.45, 2.75) is 0 Å². The maximum Gasteiger partial charge on any atom is 0.0977 e. The van der Waals surface area contributed by atoms with Crippen molar-refractivity contribution in [1.29, 1.82) is 0 Å². The summed E-state index contributed by atoms with van der Waals surface area (Å²) in [5.74, 6) is 0. The molecule has 0 aliphatic heterocycles. The third kappa shape index (κ3) is 5.52. The molecular formula is C36H28N4. The Labute approximate surface area is 234 Å². The number of fused-ring (bicyclic) bond motifs is 1. The molecule has 0 heterocycles. The molecule has 0 fully saturated rings. The molecule has 0 unspecified atom stereocenters. The van der Waals surface area contributed by atoms with Gasteiger partial charge in [0.05, 0.1) is 22.8 Å². The second-order valence-corrected chi connectivity index (χ2v) is 9.31. The van der Waals surface area contributed by atoms with Crippen LogP contribution in [-0.4, -0.2) is 11.4 Å². The van der Waals surface area contributed by atoms with Crippen LogP contribution < -0.4 is 10.9 Å². The van der Waals surface area contributed by atoms with Gasteiger partial charge < -0.3 is 0 Å². The second-order valence-electron chi connectivity index (χ2n) is 9.31. The molecular weight excluding hydrogens is 488 g/mol. The largest absolute Gasteiger partial charge is 0.277 e. The first-order chi connectivity index (χ1) is 19.9. The van der Waals surface area contributed by atoms with Crippen LogP contribution in [0, 0.1) is 0 Å². The number of rotatable bonds is 8. The van der Waals surface area contributed by atoms with Gasteiger partial charge in [0.25, 0.3) is 0 Å². The predicted octanol–water partition coefficient (Wildman–Crippen LogP) is 8.57. The number of anilines is 2. The van der Waals surface area contributed by atoms with E-state index in [1.807, 2.05) is 97.1 Å². The normalized spacial score (nSPS) is 10.5. The number of hydrazone groups is 2. The van der Waals surface area contributed by atoms with Gasteiger partial charge in [-0.15, -0.1) is 0 Å². The fourth-order valence-electron chi connectivity index (χ4n) is 4.71. The van der Waals surface area contributed by atoms with E-state index >= 15 is 0 Å². The van der Waals surface area contributed by atoms with Crippen molar-refractivity contribution in [2.24, 2.45) is 10.2 Å². The van der Waals surface area contributed by atoms with Crippen LogP contribution in [-0.2, 0) is 0 Å². The SMILES string of the molecule is c1ccc(C(=NNc2cccc3c(NN=C(c4ccccc4)c4ccccc4)cccc23)c2ccccc2)cc1. The fourth-order valence-corrected chi connectivity index (χ4v) is 4.71. The van der Waals surface area contributed by atoms with Crippen molar-refractivity contribution in [3.63, 3.8) is 0 Å². The highest BCUT2D eigenvalue weighted by Gasteiger charge is 2.10. The van der Waals surface area contributed by atoms with Crippen molar-refractivity contribution in [3.05, 3.63) is 180 Å². The predicted molar refractivity (Wildman–Crippen MR) is 168 cm³/mol. The number of nitrogens with zero attached hydrogens (tertiary/aromatic N) is 2. The van der Waals surface area contributed by atoms with Crippen LogP contribution in [0.5, 0.6) is 0 Å². The molecule has 0 amide bonds. The summed E-state index contributed by atoms with van der Waals surface area (Å²) in [4.78, 5) is 0. The highest BCUT2D eigenvalue weighted by Crippen LogP contribution is 2.30. The van der Waals surface area contributed by atoms with Crippen LogP contribution in [0.25, 0.3) is 10.8 Å². The van der Waals surface area contributed by atoms with E-state index in [2.05, 4.69) is 71.5 Å². The Balaban J connectivity index is 1.36. The van der Waals surface area contributed by atoms with Gasteiger partial charge in [-0.05, 0) is 12.1 Å². The highest BCUT2D eigenvalue weighted by atomic mass is 15.3. The standard InChI is InChI=1S/C36H28N4/c1-5-15-27(16-6-1)35(28-17-7-2-8-18-28)39-37-33-25-13-24-32-31(33)23-14-26-34(32)38-40-36(29-19-9-3-10-20-29)30-21-11-4-12-22-30/h1-26,37-38H. The molecule has 0 bridgehead atoms. The van der Waals surface area contributed by atoms with E-state index < -0.39 is 0 Å². The Morgan fingerprint density at radius 1 is 0.325 bits per heavy atom. The maximum atomic E-state index is 4.89. The molecule has 0 atom stereocenters. The third-order valence-corrected chi connectivity index (χ3v) is 6.69. The van der Waals surface area contributed by atoms with Crippen molar-refractivity contribution < 1.29 is 0 Å². The first kappa shape index (κ1) is 24.8. The summed E-state index contributed by atoms with van der Waals surface area (Å²) in [6, 6.07) is 53.3. The summed E-state index contributed by atoms with van der Waals surface area (Å²) < 4.78 is 0. The molecule has 0 saturated heterocycles. The van der Waals surface area contributed by atoms with Crippen LogP contribution >= 0.6 is 0 Å². The Morgan fingerprint density at radius 2 is 0.625 bits per heavy atom. The lowest BCUT2D eigenvalue weighted by Crippen LogP contribution is -2.07. The monoisotopic (exact) mass is 516 g/mol. The van der Waals surface area contributed by atoms with Crippen LogP contribution in [0.2, 0.25) is 0 Å². The molecule has 0 aliphatic carbocycles. The molecule has 40 heavy (non-hydrogen) atoms. The summed E-state index contributed by atoms with van der Waals surface area (Å²) in [6.45, 7) is 0. The molecule has 4 nitrogen and oxygen atoms in total. The smallest absolute Gasteiger partial charge is 0.0977 e. The summed E-state index contributed by atoms with van der Waals surface area (Å²) >= 11 is 0. The zero-order chi connectivity index (χ0) is 27.0. The molecule has 6 aromatic carbocycles. The van der Waals surface area contributed by atoms with Crippen LogP contribution in [0.3, 0.4) is 0 Å². The zero-order valence-corrected chi connectivity index (χ0v) is 21.9. The maximum absolute atomic E-state index is 4.89. The van der Waals surface area contributed by atoms with Gasteiger partial charge >= 0.3 is 0 Å². The lowest BCUT2D eigenvalue weighted by Gasteiger charge is -2.13. The molecule has 0 saturated carbocycles. The van der Waals surface area contributed by atoms with Gasteiger partial charge in [-0.2, -0.15) is 10.2 Å². The quantitative estimate of drug-likeness (QED) is 0.157. The summed E-state index contributed by atoms with van der Waals surface area (Å²) in [7, 11) is 0. The minimum atomic E-state index is 0.882. The Bertz CT molecular complexity index is 1540. The van der Waals surface area contributed by atoms with Crippen molar-refractivity contribution >= 4 is 33.6 Å². The summed E-state index contributed by atoms with van der Waals surface area (Å²) in [5.41, 5.74) is 14.5. The minimum absolute atomic E-state index is 0.882. The Kier molecular flexibility index (Phi) is 7.40. The van der Waals surface area contributed by atoms with Gasteiger partial charge in [0.1, 0.15) is 0 Å². The first-order valence-electron chi connectivity index (χ1n) is 13.3. The van der Waals surface area contributed by atoms with Gasteiger partial charge in [0, 0.05) is 33.0 Å². The molecule has 0 aliphatic rings. The highest BCUT2D eigenvalue weighted by molar-refractivity contribution is 6.14. The first-order valence-corrected chi connectivity index (χ1v) is 13.3.